The number of rotatable bonds is 6. The van der Waals surface area contributed by atoms with E-state index in [4.69, 9.17) is 26.3 Å². The number of piperazine rings is 1. The molecule has 0 unspecified atom stereocenters. The zero-order valence-corrected chi connectivity index (χ0v) is 24.3. The molecule has 3 aliphatic heterocycles. The molecule has 0 aliphatic carbocycles. The quantitative estimate of drug-likeness (QED) is 0.352. The van der Waals surface area contributed by atoms with Gasteiger partial charge in [-0.2, -0.15) is 12.6 Å². The van der Waals surface area contributed by atoms with Crippen molar-refractivity contribution in [3.63, 3.8) is 0 Å². The molecule has 40 heavy (non-hydrogen) atoms. The van der Waals surface area contributed by atoms with Crippen LogP contribution in [-0.4, -0.2) is 91.2 Å². The average molecular weight is 579 g/mol. The molecule has 10 heteroatoms. The van der Waals surface area contributed by atoms with Gasteiger partial charge in [0.05, 0.1) is 36.2 Å². The Morgan fingerprint density at radius 2 is 1.75 bits per heavy atom. The van der Waals surface area contributed by atoms with Crippen molar-refractivity contribution in [3.8, 4) is 0 Å². The Bertz CT molecular complexity index is 1400. The summed E-state index contributed by atoms with van der Waals surface area (Å²) in [7, 11) is 0. The van der Waals surface area contributed by atoms with Gasteiger partial charge in [0.25, 0.3) is 0 Å². The third kappa shape index (κ3) is 5.79. The van der Waals surface area contributed by atoms with E-state index in [1.54, 1.807) is 6.08 Å². The fourth-order valence-electron chi connectivity index (χ4n) is 5.87. The zero-order valence-electron chi connectivity index (χ0n) is 22.6. The van der Waals surface area contributed by atoms with Gasteiger partial charge in [0.15, 0.2) is 0 Å². The summed E-state index contributed by atoms with van der Waals surface area (Å²) in [5, 5.41) is 2.99. The summed E-state index contributed by atoms with van der Waals surface area (Å²) < 4.78 is 5.40. The molecule has 0 saturated carbocycles. The van der Waals surface area contributed by atoms with Gasteiger partial charge in [0, 0.05) is 75.1 Å². The first-order chi connectivity index (χ1) is 19.6. The van der Waals surface area contributed by atoms with Gasteiger partial charge in [-0.15, -0.1) is 0 Å². The van der Waals surface area contributed by atoms with Crippen LogP contribution in [0.15, 0.2) is 48.6 Å². The minimum Gasteiger partial charge on any atom is -0.379 e. The van der Waals surface area contributed by atoms with Gasteiger partial charge in [-0.1, -0.05) is 41.9 Å². The molecule has 0 N–H and O–H groups in total. The van der Waals surface area contributed by atoms with E-state index in [9.17, 15) is 4.79 Å². The monoisotopic (exact) mass is 578 g/mol. The molecule has 0 atom stereocenters. The lowest BCUT2D eigenvalue weighted by Gasteiger charge is -2.38. The van der Waals surface area contributed by atoms with E-state index in [-0.39, 0.29) is 5.91 Å². The van der Waals surface area contributed by atoms with Gasteiger partial charge in [-0.25, -0.2) is 9.97 Å². The number of carbonyl (C=O) groups excluding carboxylic acids is 1. The maximum atomic E-state index is 12.8. The molecule has 0 spiro atoms. The lowest BCUT2D eigenvalue weighted by atomic mass is 10.0. The van der Waals surface area contributed by atoms with E-state index in [0.717, 1.165) is 97.7 Å². The number of thiol groups is 1. The van der Waals surface area contributed by atoms with Crippen LogP contribution in [0.4, 0.5) is 11.5 Å². The normalized spacial score (nSPS) is 18.5. The van der Waals surface area contributed by atoms with Crippen LogP contribution in [0.5, 0.6) is 0 Å². The second-order valence-electron chi connectivity index (χ2n) is 10.5. The molecule has 4 heterocycles. The predicted molar refractivity (Wildman–Crippen MR) is 164 cm³/mol. The Hall–Kier alpha value is -2.85. The van der Waals surface area contributed by atoms with Crippen LogP contribution < -0.4 is 9.80 Å². The maximum Gasteiger partial charge on any atom is 0.246 e. The number of hydrogen-bond acceptors (Lipinski definition) is 8. The van der Waals surface area contributed by atoms with Crippen molar-refractivity contribution < 1.29 is 9.53 Å². The molecule has 2 aromatic carbocycles. The first kappa shape index (κ1) is 27.3. The number of carbonyl (C=O) groups is 1. The van der Waals surface area contributed by atoms with Crippen molar-refractivity contribution in [3.05, 3.63) is 70.7 Å². The third-order valence-corrected chi connectivity index (χ3v) is 8.62. The number of fused-ring (bicyclic) bond motifs is 2. The number of hydrogen-bond donors (Lipinski definition) is 1. The molecule has 3 aliphatic rings. The SMILES string of the molecule is O=C(/C=C/CN1CCOCC1)N1CCN(c2nc(CS)nc3c2CCN(c2cccc4cccc(Cl)c24)C3)CC1. The average Bonchev–Trinajstić information content (AvgIpc) is 3.00. The Kier molecular flexibility index (Phi) is 8.43. The summed E-state index contributed by atoms with van der Waals surface area (Å²) >= 11 is 11.2. The second-order valence-corrected chi connectivity index (χ2v) is 11.2. The largest absolute Gasteiger partial charge is 0.379 e. The molecular weight excluding hydrogens is 544 g/mol. The van der Waals surface area contributed by atoms with Gasteiger partial charge in [-0.05, 0) is 23.9 Å². The Balaban J connectivity index is 1.15. The smallest absolute Gasteiger partial charge is 0.246 e. The summed E-state index contributed by atoms with van der Waals surface area (Å²) in [6.07, 6.45) is 4.56. The Morgan fingerprint density at radius 3 is 2.52 bits per heavy atom. The fourth-order valence-corrected chi connectivity index (χ4v) is 6.29. The number of halogens is 1. The van der Waals surface area contributed by atoms with Crippen LogP contribution in [-0.2, 0) is 28.2 Å². The van der Waals surface area contributed by atoms with Crippen LogP contribution in [0.1, 0.15) is 17.1 Å². The maximum absolute atomic E-state index is 12.8. The lowest BCUT2D eigenvalue weighted by molar-refractivity contribution is -0.126. The molecule has 0 radical (unpaired) electrons. The summed E-state index contributed by atoms with van der Waals surface area (Å²) in [5.41, 5.74) is 3.39. The minimum absolute atomic E-state index is 0.0815. The molecule has 8 nitrogen and oxygen atoms in total. The van der Waals surface area contributed by atoms with Crippen LogP contribution in [0.3, 0.4) is 0 Å². The molecule has 1 aromatic heterocycles. The first-order valence-electron chi connectivity index (χ1n) is 14.0. The van der Waals surface area contributed by atoms with Crippen molar-refractivity contribution in [2.75, 3.05) is 75.4 Å². The van der Waals surface area contributed by atoms with Crippen LogP contribution >= 0.6 is 24.2 Å². The van der Waals surface area contributed by atoms with E-state index in [2.05, 4.69) is 51.6 Å². The summed E-state index contributed by atoms with van der Waals surface area (Å²) in [6, 6.07) is 12.4. The van der Waals surface area contributed by atoms with Gasteiger partial charge in [0.2, 0.25) is 5.91 Å². The highest BCUT2D eigenvalue weighted by molar-refractivity contribution is 7.79. The molecule has 1 amide bonds. The standard InChI is InChI=1S/C30H35ClN6O2S/c31-24-6-1-4-22-5-2-7-26(29(22)24)37-11-9-23-25(20-37)32-27(21-40)33-30(23)36-14-12-35(13-15-36)28(38)8-3-10-34-16-18-39-19-17-34/h1-8,40H,9-21H2/b8-3+. The van der Waals surface area contributed by atoms with E-state index in [0.29, 0.717) is 25.4 Å². The zero-order chi connectivity index (χ0) is 27.5. The highest BCUT2D eigenvalue weighted by atomic mass is 35.5. The van der Waals surface area contributed by atoms with Crippen LogP contribution in [0.25, 0.3) is 10.8 Å². The van der Waals surface area contributed by atoms with E-state index in [1.165, 1.54) is 5.56 Å². The number of nitrogens with zero attached hydrogens (tertiary/aromatic N) is 6. The van der Waals surface area contributed by atoms with Gasteiger partial charge in [0.1, 0.15) is 11.6 Å². The second kappa shape index (κ2) is 12.3. The number of morpholine rings is 1. The number of anilines is 2. The topological polar surface area (TPSA) is 65.0 Å². The molecule has 0 bridgehead atoms. The van der Waals surface area contributed by atoms with Crippen LogP contribution in [0, 0.1) is 0 Å². The van der Waals surface area contributed by atoms with E-state index in [1.807, 2.05) is 23.1 Å². The predicted octanol–water partition coefficient (Wildman–Crippen LogP) is 3.81. The van der Waals surface area contributed by atoms with Crippen molar-refractivity contribution >= 4 is 52.4 Å². The number of ether oxygens (including phenoxy) is 1. The highest BCUT2D eigenvalue weighted by Crippen LogP contribution is 2.36. The van der Waals surface area contributed by atoms with Crippen molar-refractivity contribution in [1.82, 2.24) is 19.8 Å². The Labute approximate surface area is 246 Å². The Morgan fingerprint density at radius 1 is 0.975 bits per heavy atom. The molecular formula is C30H35ClN6O2S. The van der Waals surface area contributed by atoms with E-state index >= 15 is 0 Å². The molecule has 210 valence electrons. The molecule has 6 rings (SSSR count). The number of aromatic nitrogens is 2. The highest BCUT2D eigenvalue weighted by Gasteiger charge is 2.28. The number of amides is 1. The number of benzene rings is 2. The van der Waals surface area contributed by atoms with Gasteiger partial charge in [-0.3, -0.25) is 9.69 Å². The van der Waals surface area contributed by atoms with Gasteiger partial charge >= 0.3 is 0 Å². The summed E-state index contributed by atoms with van der Waals surface area (Å²) in [6.45, 7) is 8.57. The minimum atomic E-state index is 0.0815. The third-order valence-electron chi connectivity index (χ3n) is 8.02. The summed E-state index contributed by atoms with van der Waals surface area (Å²) in [5.74, 6) is 2.30. The molecule has 2 saturated heterocycles. The van der Waals surface area contributed by atoms with E-state index < -0.39 is 0 Å². The van der Waals surface area contributed by atoms with Crippen LogP contribution in [0.2, 0.25) is 5.02 Å². The molecule has 3 aromatic rings. The summed E-state index contributed by atoms with van der Waals surface area (Å²) in [4.78, 5) is 31.6. The van der Waals surface area contributed by atoms with Crippen molar-refractivity contribution in [2.45, 2.75) is 18.7 Å². The fraction of sp³-hybridized carbons (Fsp3) is 0.433. The van der Waals surface area contributed by atoms with Gasteiger partial charge < -0.3 is 19.4 Å². The first-order valence-corrected chi connectivity index (χ1v) is 15.0. The van der Waals surface area contributed by atoms with Crippen molar-refractivity contribution in [1.29, 1.82) is 0 Å². The lowest BCUT2D eigenvalue weighted by Crippen LogP contribution is -2.49. The molecule has 2 fully saturated rings. The van der Waals surface area contributed by atoms with Crippen molar-refractivity contribution in [2.24, 2.45) is 0 Å².